The molecule has 0 spiro atoms. The Morgan fingerprint density at radius 1 is 1.10 bits per heavy atom. The molecule has 0 radical (unpaired) electrons. The highest BCUT2D eigenvalue weighted by Crippen LogP contribution is 2.34. The Labute approximate surface area is 127 Å². The lowest BCUT2D eigenvalue weighted by molar-refractivity contribution is 0.412. The van der Waals surface area contributed by atoms with E-state index in [9.17, 15) is 0 Å². The Hall–Kier alpha value is -1.52. The van der Waals surface area contributed by atoms with E-state index in [-0.39, 0.29) is 0 Å². The third kappa shape index (κ3) is 3.52. The van der Waals surface area contributed by atoms with Crippen molar-refractivity contribution in [2.24, 2.45) is 5.73 Å². The van der Waals surface area contributed by atoms with Gasteiger partial charge in [0.25, 0.3) is 0 Å². The molecule has 0 aliphatic rings. The van der Waals surface area contributed by atoms with Gasteiger partial charge in [-0.05, 0) is 71.2 Å². The predicted octanol–water partition coefficient (Wildman–Crippen LogP) is 4.06. The fraction of sp³-hybridized carbons (Fsp3) is 0.250. The highest BCUT2D eigenvalue weighted by molar-refractivity contribution is 9.10. The lowest BCUT2D eigenvalue weighted by Crippen LogP contribution is -2.02. The molecule has 0 fully saturated rings. The summed E-state index contributed by atoms with van der Waals surface area (Å²) in [6.07, 6.45) is 0.882. The van der Waals surface area contributed by atoms with Crippen LogP contribution >= 0.6 is 15.9 Å². The summed E-state index contributed by atoms with van der Waals surface area (Å²) < 4.78 is 12.0. The number of benzene rings is 2. The van der Waals surface area contributed by atoms with Crippen LogP contribution in [0.25, 0.3) is 0 Å². The van der Waals surface area contributed by atoms with Crippen LogP contribution in [-0.2, 0) is 6.42 Å². The predicted molar refractivity (Wildman–Crippen MR) is 84.7 cm³/mol. The lowest BCUT2D eigenvalue weighted by Gasteiger charge is -2.12. The minimum absolute atomic E-state index is 0.656. The normalized spacial score (nSPS) is 10.4. The van der Waals surface area contributed by atoms with Crippen LogP contribution in [-0.4, -0.2) is 13.7 Å². The van der Waals surface area contributed by atoms with Crippen molar-refractivity contribution in [1.29, 1.82) is 0 Å². The first-order chi connectivity index (χ1) is 9.63. The minimum Gasteiger partial charge on any atom is -0.497 e. The van der Waals surface area contributed by atoms with Gasteiger partial charge < -0.3 is 15.2 Å². The van der Waals surface area contributed by atoms with Crippen LogP contribution in [0.15, 0.2) is 40.9 Å². The van der Waals surface area contributed by atoms with E-state index in [1.54, 1.807) is 7.11 Å². The van der Waals surface area contributed by atoms with Crippen LogP contribution < -0.4 is 15.2 Å². The van der Waals surface area contributed by atoms with Gasteiger partial charge in [0.15, 0.2) is 0 Å². The first kappa shape index (κ1) is 14.9. The van der Waals surface area contributed by atoms with Crippen molar-refractivity contribution >= 4 is 15.9 Å². The standard InChI is InChI=1S/C16H18BrNO2/c1-11-9-12(7-8-18)3-5-15(11)20-16-6-4-13(19-2)10-14(16)17/h3-6,9-10H,7-8,18H2,1-2H3. The molecule has 2 aromatic carbocycles. The van der Waals surface area contributed by atoms with Crippen LogP contribution in [0.5, 0.6) is 17.2 Å². The SMILES string of the molecule is COc1ccc(Oc2ccc(CCN)cc2C)c(Br)c1. The van der Waals surface area contributed by atoms with Crippen LogP contribution in [0, 0.1) is 6.92 Å². The zero-order chi connectivity index (χ0) is 14.5. The molecule has 0 aliphatic heterocycles. The van der Waals surface area contributed by atoms with E-state index < -0.39 is 0 Å². The maximum atomic E-state index is 5.94. The minimum atomic E-state index is 0.656. The zero-order valence-electron chi connectivity index (χ0n) is 11.7. The molecule has 0 saturated carbocycles. The number of nitrogens with two attached hydrogens (primary N) is 1. The summed E-state index contributed by atoms with van der Waals surface area (Å²) in [5.41, 5.74) is 7.89. The summed E-state index contributed by atoms with van der Waals surface area (Å²) in [4.78, 5) is 0. The van der Waals surface area contributed by atoms with Gasteiger partial charge in [0, 0.05) is 0 Å². The molecule has 0 aliphatic carbocycles. The summed E-state index contributed by atoms with van der Waals surface area (Å²) >= 11 is 3.49. The number of aryl methyl sites for hydroxylation is 1. The summed E-state index contributed by atoms with van der Waals surface area (Å²) in [7, 11) is 1.64. The molecule has 0 heterocycles. The van der Waals surface area contributed by atoms with Gasteiger partial charge in [-0.3, -0.25) is 0 Å². The van der Waals surface area contributed by atoms with Crippen molar-refractivity contribution in [3.05, 3.63) is 52.0 Å². The topological polar surface area (TPSA) is 44.5 Å². The van der Waals surface area contributed by atoms with Gasteiger partial charge in [0.1, 0.15) is 17.2 Å². The Bertz CT molecular complexity index is 599. The molecule has 0 unspecified atom stereocenters. The van der Waals surface area contributed by atoms with Gasteiger partial charge in [0.05, 0.1) is 11.6 Å². The lowest BCUT2D eigenvalue weighted by atomic mass is 10.1. The third-order valence-corrected chi connectivity index (χ3v) is 3.65. The smallest absolute Gasteiger partial charge is 0.141 e. The average Bonchev–Trinajstić information content (AvgIpc) is 2.44. The van der Waals surface area contributed by atoms with E-state index in [0.29, 0.717) is 6.54 Å². The quantitative estimate of drug-likeness (QED) is 0.896. The largest absolute Gasteiger partial charge is 0.497 e. The monoisotopic (exact) mass is 335 g/mol. The Balaban J connectivity index is 2.21. The summed E-state index contributed by atoms with van der Waals surface area (Å²) in [6.45, 7) is 2.69. The van der Waals surface area contributed by atoms with Crippen molar-refractivity contribution in [3.8, 4) is 17.2 Å². The number of methoxy groups -OCH3 is 1. The van der Waals surface area contributed by atoms with E-state index in [1.165, 1.54) is 5.56 Å². The molecule has 0 aromatic heterocycles. The van der Waals surface area contributed by atoms with Gasteiger partial charge in [0.2, 0.25) is 0 Å². The van der Waals surface area contributed by atoms with Crippen molar-refractivity contribution in [2.75, 3.05) is 13.7 Å². The second kappa shape index (κ2) is 6.77. The van der Waals surface area contributed by atoms with Crippen LogP contribution in [0.2, 0.25) is 0 Å². The Kier molecular flexibility index (Phi) is 5.04. The highest BCUT2D eigenvalue weighted by atomic mass is 79.9. The number of hydrogen-bond acceptors (Lipinski definition) is 3. The van der Waals surface area contributed by atoms with E-state index in [4.69, 9.17) is 15.2 Å². The first-order valence-electron chi connectivity index (χ1n) is 6.45. The molecule has 2 N–H and O–H groups in total. The first-order valence-corrected chi connectivity index (χ1v) is 7.24. The Morgan fingerprint density at radius 3 is 2.45 bits per heavy atom. The number of hydrogen-bond donors (Lipinski definition) is 1. The second-order valence-corrected chi connectivity index (χ2v) is 5.39. The summed E-state index contributed by atoms with van der Waals surface area (Å²) in [5.74, 6) is 2.40. The van der Waals surface area contributed by atoms with E-state index in [1.807, 2.05) is 37.3 Å². The van der Waals surface area contributed by atoms with Gasteiger partial charge in [-0.2, -0.15) is 0 Å². The van der Waals surface area contributed by atoms with E-state index >= 15 is 0 Å². The maximum absolute atomic E-state index is 5.94. The molecule has 2 rings (SSSR count). The molecule has 0 saturated heterocycles. The number of ether oxygens (including phenoxy) is 2. The molecular formula is C16H18BrNO2. The molecule has 106 valence electrons. The summed E-state index contributed by atoms with van der Waals surface area (Å²) in [5, 5.41) is 0. The van der Waals surface area contributed by atoms with Crippen LogP contribution in [0.1, 0.15) is 11.1 Å². The van der Waals surface area contributed by atoms with Crippen molar-refractivity contribution in [3.63, 3.8) is 0 Å². The molecule has 3 nitrogen and oxygen atoms in total. The number of rotatable bonds is 5. The van der Waals surface area contributed by atoms with E-state index in [0.717, 1.165) is 33.7 Å². The van der Waals surface area contributed by atoms with Gasteiger partial charge in [-0.15, -0.1) is 0 Å². The van der Waals surface area contributed by atoms with Crippen LogP contribution in [0.4, 0.5) is 0 Å². The fourth-order valence-corrected chi connectivity index (χ4v) is 2.40. The highest BCUT2D eigenvalue weighted by Gasteiger charge is 2.07. The van der Waals surface area contributed by atoms with Gasteiger partial charge >= 0.3 is 0 Å². The maximum Gasteiger partial charge on any atom is 0.141 e. The molecule has 4 heteroatoms. The van der Waals surface area contributed by atoms with Gasteiger partial charge in [-0.25, -0.2) is 0 Å². The van der Waals surface area contributed by atoms with E-state index in [2.05, 4.69) is 22.0 Å². The van der Waals surface area contributed by atoms with Crippen molar-refractivity contribution in [2.45, 2.75) is 13.3 Å². The zero-order valence-corrected chi connectivity index (χ0v) is 13.2. The molecule has 2 aromatic rings. The second-order valence-electron chi connectivity index (χ2n) is 4.54. The Morgan fingerprint density at radius 2 is 1.85 bits per heavy atom. The summed E-state index contributed by atoms with van der Waals surface area (Å²) in [6, 6.07) is 11.8. The number of halogens is 1. The fourth-order valence-electron chi connectivity index (χ4n) is 1.96. The average molecular weight is 336 g/mol. The third-order valence-electron chi connectivity index (χ3n) is 3.03. The molecule has 0 bridgehead atoms. The molecule has 20 heavy (non-hydrogen) atoms. The van der Waals surface area contributed by atoms with Gasteiger partial charge in [-0.1, -0.05) is 12.1 Å². The molecule has 0 atom stereocenters. The van der Waals surface area contributed by atoms with Crippen molar-refractivity contribution < 1.29 is 9.47 Å². The molecule has 0 amide bonds. The molecular weight excluding hydrogens is 318 g/mol. The van der Waals surface area contributed by atoms with Crippen molar-refractivity contribution in [1.82, 2.24) is 0 Å². The van der Waals surface area contributed by atoms with Crippen LogP contribution in [0.3, 0.4) is 0 Å².